The highest BCUT2D eigenvalue weighted by Gasteiger charge is 2.17. The molecule has 2 heterocycles. The molecule has 0 bridgehead atoms. The van der Waals surface area contributed by atoms with Crippen LogP contribution in [0, 0.1) is 5.82 Å². The van der Waals surface area contributed by atoms with Gasteiger partial charge >= 0.3 is 0 Å². The second-order valence-corrected chi connectivity index (χ2v) is 7.23. The Bertz CT molecular complexity index is 1120. The molecule has 0 atom stereocenters. The van der Waals surface area contributed by atoms with Crippen LogP contribution in [0.5, 0.6) is 11.5 Å². The minimum Gasteiger partial charge on any atom is -0.493 e. The SMILES string of the molecule is CCOc1ccc(/C=N\Nc2nc(Nc3ccc(F)cc3)nc(N3CCOCC3)n2)cc1OC. The Hall–Kier alpha value is -3.99. The van der Waals surface area contributed by atoms with Gasteiger partial charge in [-0.15, -0.1) is 0 Å². The number of hydrogen-bond donors (Lipinski definition) is 2. The van der Waals surface area contributed by atoms with Crippen molar-refractivity contribution < 1.29 is 18.6 Å². The van der Waals surface area contributed by atoms with Crippen LogP contribution in [-0.4, -0.2) is 61.2 Å². The van der Waals surface area contributed by atoms with Gasteiger partial charge in [0, 0.05) is 18.8 Å². The van der Waals surface area contributed by atoms with Crippen LogP contribution in [-0.2, 0) is 4.74 Å². The zero-order valence-corrected chi connectivity index (χ0v) is 19.0. The monoisotopic (exact) mass is 467 g/mol. The van der Waals surface area contributed by atoms with E-state index in [-0.39, 0.29) is 11.8 Å². The van der Waals surface area contributed by atoms with Gasteiger partial charge in [-0.25, -0.2) is 9.82 Å². The van der Waals surface area contributed by atoms with Crippen LogP contribution in [0.1, 0.15) is 12.5 Å². The zero-order chi connectivity index (χ0) is 23.8. The third-order valence-corrected chi connectivity index (χ3v) is 4.88. The van der Waals surface area contributed by atoms with Gasteiger partial charge in [0.05, 0.1) is 33.1 Å². The highest BCUT2D eigenvalue weighted by atomic mass is 19.1. The highest BCUT2D eigenvalue weighted by molar-refractivity contribution is 5.81. The molecule has 0 unspecified atom stereocenters. The summed E-state index contributed by atoms with van der Waals surface area (Å²) >= 11 is 0. The molecule has 1 aromatic heterocycles. The molecule has 2 N–H and O–H groups in total. The van der Waals surface area contributed by atoms with Crippen molar-refractivity contribution in [2.45, 2.75) is 6.92 Å². The third-order valence-electron chi connectivity index (χ3n) is 4.88. The predicted octanol–water partition coefficient (Wildman–Crippen LogP) is 3.44. The molecule has 178 valence electrons. The standard InChI is InChI=1S/C23H26FN7O3/c1-3-34-19-9-4-16(14-20(19)32-2)15-25-30-22-27-21(26-18-7-5-17(24)6-8-18)28-23(29-22)31-10-12-33-13-11-31/h4-9,14-15H,3,10-13H2,1-2H3,(H2,26,27,28,29,30)/b25-15-. The van der Waals surface area contributed by atoms with Crippen LogP contribution in [0.2, 0.25) is 0 Å². The van der Waals surface area contributed by atoms with E-state index in [2.05, 4.69) is 30.8 Å². The number of hydrogen-bond acceptors (Lipinski definition) is 10. The van der Waals surface area contributed by atoms with Crippen molar-refractivity contribution in [2.24, 2.45) is 5.10 Å². The summed E-state index contributed by atoms with van der Waals surface area (Å²) in [7, 11) is 1.59. The van der Waals surface area contributed by atoms with Gasteiger partial charge in [0.2, 0.25) is 17.8 Å². The lowest BCUT2D eigenvalue weighted by Crippen LogP contribution is -2.37. The summed E-state index contributed by atoms with van der Waals surface area (Å²) < 4.78 is 29.6. The quantitative estimate of drug-likeness (QED) is 0.361. The van der Waals surface area contributed by atoms with Gasteiger partial charge in [-0.1, -0.05) is 0 Å². The number of benzene rings is 2. The van der Waals surface area contributed by atoms with Crippen molar-refractivity contribution in [3.05, 3.63) is 53.8 Å². The molecule has 0 spiro atoms. The lowest BCUT2D eigenvalue weighted by atomic mass is 10.2. The fourth-order valence-electron chi connectivity index (χ4n) is 3.24. The van der Waals surface area contributed by atoms with Gasteiger partial charge in [0.1, 0.15) is 5.82 Å². The van der Waals surface area contributed by atoms with E-state index in [0.29, 0.717) is 62.0 Å². The Morgan fingerprint density at radius 2 is 1.82 bits per heavy atom. The van der Waals surface area contributed by atoms with Crippen LogP contribution in [0.4, 0.5) is 27.9 Å². The highest BCUT2D eigenvalue weighted by Crippen LogP contribution is 2.27. The van der Waals surface area contributed by atoms with E-state index in [9.17, 15) is 4.39 Å². The zero-order valence-electron chi connectivity index (χ0n) is 19.0. The molecule has 1 aliphatic rings. The molecule has 1 aliphatic heterocycles. The molecule has 34 heavy (non-hydrogen) atoms. The number of aromatic nitrogens is 3. The number of anilines is 4. The van der Waals surface area contributed by atoms with E-state index in [4.69, 9.17) is 14.2 Å². The smallest absolute Gasteiger partial charge is 0.250 e. The number of rotatable bonds is 9. The first-order chi connectivity index (χ1) is 16.6. The van der Waals surface area contributed by atoms with Crippen LogP contribution in [0.15, 0.2) is 47.6 Å². The molecular weight excluding hydrogens is 441 g/mol. The van der Waals surface area contributed by atoms with Crippen LogP contribution in [0.25, 0.3) is 0 Å². The summed E-state index contributed by atoms with van der Waals surface area (Å²) in [5, 5.41) is 7.35. The largest absolute Gasteiger partial charge is 0.493 e. The van der Waals surface area contributed by atoms with E-state index in [1.54, 1.807) is 25.5 Å². The van der Waals surface area contributed by atoms with E-state index >= 15 is 0 Å². The van der Waals surface area contributed by atoms with Crippen molar-refractivity contribution in [1.29, 1.82) is 0 Å². The fraction of sp³-hybridized carbons (Fsp3) is 0.304. The lowest BCUT2D eigenvalue weighted by Gasteiger charge is -2.27. The molecule has 4 rings (SSSR count). The van der Waals surface area contributed by atoms with Crippen LogP contribution < -0.4 is 25.1 Å². The maximum atomic E-state index is 13.3. The number of hydrazone groups is 1. The molecule has 0 saturated carbocycles. The maximum absolute atomic E-state index is 13.3. The molecule has 10 nitrogen and oxygen atoms in total. The summed E-state index contributed by atoms with van der Waals surface area (Å²) in [4.78, 5) is 15.4. The van der Waals surface area contributed by atoms with Gasteiger partial charge in [-0.3, -0.25) is 0 Å². The molecule has 1 fully saturated rings. The minimum atomic E-state index is -0.321. The van der Waals surface area contributed by atoms with Crippen molar-refractivity contribution in [1.82, 2.24) is 15.0 Å². The number of nitrogens with zero attached hydrogens (tertiary/aromatic N) is 5. The molecule has 0 radical (unpaired) electrons. The Kier molecular flexibility index (Phi) is 7.66. The fourth-order valence-corrected chi connectivity index (χ4v) is 3.24. The molecule has 2 aromatic carbocycles. The third kappa shape index (κ3) is 6.07. The maximum Gasteiger partial charge on any atom is 0.250 e. The Labute approximate surface area is 196 Å². The topological polar surface area (TPSA) is 106 Å². The molecule has 11 heteroatoms. The van der Waals surface area contributed by atoms with Gasteiger partial charge < -0.3 is 24.4 Å². The number of ether oxygens (including phenoxy) is 3. The first-order valence-corrected chi connectivity index (χ1v) is 10.9. The second-order valence-electron chi connectivity index (χ2n) is 7.23. The first kappa shape index (κ1) is 23.2. The normalized spacial score (nSPS) is 13.7. The molecule has 0 amide bonds. The van der Waals surface area contributed by atoms with Gasteiger partial charge in [0.15, 0.2) is 11.5 Å². The Morgan fingerprint density at radius 3 is 2.56 bits per heavy atom. The molecule has 3 aromatic rings. The van der Waals surface area contributed by atoms with Crippen molar-refractivity contribution >= 4 is 29.7 Å². The van der Waals surface area contributed by atoms with Gasteiger partial charge in [-0.05, 0) is 55.0 Å². The number of halogens is 1. The van der Waals surface area contributed by atoms with Crippen molar-refractivity contribution in [3.63, 3.8) is 0 Å². The number of nitrogens with one attached hydrogen (secondary N) is 2. The summed E-state index contributed by atoms with van der Waals surface area (Å²) in [5.74, 6) is 2.02. The van der Waals surface area contributed by atoms with Crippen molar-refractivity contribution in [3.8, 4) is 11.5 Å². The van der Waals surface area contributed by atoms with E-state index in [0.717, 1.165) is 5.56 Å². The van der Waals surface area contributed by atoms with E-state index < -0.39 is 0 Å². The van der Waals surface area contributed by atoms with Crippen LogP contribution in [0.3, 0.4) is 0 Å². The lowest BCUT2D eigenvalue weighted by molar-refractivity contribution is 0.122. The average Bonchev–Trinajstić information content (AvgIpc) is 2.87. The summed E-state index contributed by atoms with van der Waals surface area (Å²) in [5.41, 5.74) is 4.32. The van der Waals surface area contributed by atoms with E-state index in [1.165, 1.54) is 12.1 Å². The van der Waals surface area contributed by atoms with Crippen LogP contribution >= 0.6 is 0 Å². The number of methoxy groups -OCH3 is 1. The predicted molar refractivity (Wildman–Crippen MR) is 128 cm³/mol. The number of morpholine rings is 1. The van der Waals surface area contributed by atoms with Gasteiger partial charge in [0.25, 0.3) is 0 Å². The molecule has 1 saturated heterocycles. The first-order valence-electron chi connectivity index (χ1n) is 10.9. The van der Waals surface area contributed by atoms with Gasteiger partial charge in [-0.2, -0.15) is 20.1 Å². The molecular formula is C23H26FN7O3. The minimum absolute atomic E-state index is 0.259. The molecule has 0 aliphatic carbocycles. The summed E-state index contributed by atoms with van der Waals surface area (Å²) in [6, 6.07) is 11.5. The average molecular weight is 468 g/mol. The summed E-state index contributed by atoms with van der Waals surface area (Å²) in [6.07, 6.45) is 1.63. The second kappa shape index (κ2) is 11.2. The van der Waals surface area contributed by atoms with E-state index in [1.807, 2.05) is 30.0 Å². The Balaban J connectivity index is 1.54. The summed E-state index contributed by atoms with van der Waals surface area (Å²) in [6.45, 7) is 4.96. The Morgan fingerprint density at radius 1 is 1.06 bits per heavy atom. The van der Waals surface area contributed by atoms with Crippen molar-refractivity contribution in [2.75, 3.05) is 55.7 Å².